The topological polar surface area (TPSA) is 290 Å². The standard InChI is InChI=1S/C27H30O17/c1-7-16(32)20(36)22(38)26(41-7)40-6-14-18(34)21(37)23(39)27(43-14)44-25-19(35)15-10(29)4-9(28)5-13(15)42-24(25)8-2-11(30)17(33)12(31)3-8/h2-5,7,14,16,18,20-23,26-34,36-39H,6H2,1H3/t7?,14?,16-,18+,20-,21?,22?,23?,26+,27-/m0/s1. The van der Waals surface area contributed by atoms with E-state index in [0.717, 1.165) is 24.3 Å². The molecule has 0 amide bonds. The molecule has 2 fully saturated rings. The third kappa shape index (κ3) is 5.56. The highest BCUT2D eigenvalue weighted by Gasteiger charge is 2.48. The predicted molar refractivity (Wildman–Crippen MR) is 142 cm³/mol. The summed E-state index contributed by atoms with van der Waals surface area (Å²) in [5, 5.41) is 111. The zero-order chi connectivity index (χ0) is 32.2. The minimum absolute atomic E-state index is 0.265. The second-order valence-electron chi connectivity index (χ2n) is 10.4. The van der Waals surface area contributed by atoms with Crippen LogP contribution in [0.15, 0.2) is 33.5 Å². The molecule has 10 atom stereocenters. The number of benzene rings is 2. The molecular weight excluding hydrogens is 596 g/mol. The number of hydrogen-bond donors (Lipinski definition) is 11. The number of phenols is 5. The van der Waals surface area contributed by atoms with Crippen molar-refractivity contribution < 1.29 is 79.5 Å². The zero-order valence-corrected chi connectivity index (χ0v) is 22.7. The van der Waals surface area contributed by atoms with Gasteiger partial charge in [-0.05, 0) is 19.1 Å². The third-order valence-corrected chi connectivity index (χ3v) is 7.39. The van der Waals surface area contributed by atoms with E-state index in [2.05, 4.69) is 0 Å². The van der Waals surface area contributed by atoms with Crippen molar-refractivity contribution in [3.63, 3.8) is 0 Å². The van der Waals surface area contributed by atoms with Crippen molar-refractivity contribution >= 4 is 11.0 Å². The second-order valence-corrected chi connectivity index (χ2v) is 10.4. The molecule has 240 valence electrons. The summed E-state index contributed by atoms with van der Waals surface area (Å²) in [6, 6.07) is 3.56. The first-order chi connectivity index (χ1) is 20.7. The van der Waals surface area contributed by atoms with Crippen molar-refractivity contribution in [2.24, 2.45) is 0 Å². The minimum atomic E-state index is -2.02. The Bertz CT molecular complexity index is 1570. The van der Waals surface area contributed by atoms with Gasteiger partial charge in [-0.1, -0.05) is 0 Å². The molecule has 0 aliphatic carbocycles. The molecule has 2 aromatic carbocycles. The lowest BCUT2D eigenvalue weighted by molar-refractivity contribution is -0.318. The molecular formula is C27H30O17. The van der Waals surface area contributed by atoms with Gasteiger partial charge in [0.25, 0.3) is 0 Å². The first kappa shape index (κ1) is 31.5. The van der Waals surface area contributed by atoms with Gasteiger partial charge >= 0.3 is 0 Å². The van der Waals surface area contributed by atoms with Crippen molar-refractivity contribution in [3.8, 4) is 45.8 Å². The number of aliphatic hydroxyl groups is 6. The van der Waals surface area contributed by atoms with E-state index in [1.54, 1.807) is 0 Å². The molecule has 2 aliphatic rings. The normalized spacial score (nSPS) is 32.5. The second kappa shape index (κ2) is 11.9. The van der Waals surface area contributed by atoms with Gasteiger partial charge in [0.1, 0.15) is 65.2 Å². The lowest BCUT2D eigenvalue weighted by Gasteiger charge is -2.42. The Morgan fingerprint density at radius 3 is 2.00 bits per heavy atom. The molecule has 0 spiro atoms. The molecule has 5 unspecified atom stereocenters. The first-order valence-corrected chi connectivity index (χ1v) is 13.1. The maximum atomic E-state index is 13.6. The van der Waals surface area contributed by atoms with E-state index in [9.17, 15) is 61.0 Å². The highest BCUT2D eigenvalue weighted by molar-refractivity contribution is 5.88. The molecule has 11 N–H and O–H groups in total. The highest BCUT2D eigenvalue weighted by atomic mass is 16.7. The van der Waals surface area contributed by atoms with Crippen LogP contribution < -0.4 is 10.2 Å². The summed E-state index contributed by atoms with van der Waals surface area (Å²) >= 11 is 0. The van der Waals surface area contributed by atoms with Crippen LogP contribution in [0.5, 0.6) is 34.5 Å². The van der Waals surface area contributed by atoms with E-state index >= 15 is 0 Å². The van der Waals surface area contributed by atoms with Gasteiger partial charge in [-0.25, -0.2) is 0 Å². The smallest absolute Gasteiger partial charge is 0.239 e. The van der Waals surface area contributed by atoms with Crippen LogP contribution >= 0.6 is 0 Å². The quantitative estimate of drug-likeness (QED) is 0.132. The number of aliphatic hydroxyl groups excluding tert-OH is 6. The van der Waals surface area contributed by atoms with Crippen LogP contribution in [0.3, 0.4) is 0 Å². The molecule has 3 aromatic rings. The van der Waals surface area contributed by atoms with Crippen molar-refractivity contribution in [1.29, 1.82) is 0 Å². The Balaban J connectivity index is 1.50. The third-order valence-electron chi connectivity index (χ3n) is 7.39. The molecule has 3 heterocycles. The Kier molecular flexibility index (Phi) is 8.51. The molecule has 17 heteroatoms. The maximum Gasteiger partial charge on any atom is 0.239 e. The molecule has 1 aromatic heterocycles. The van der Waals surface area contributed by atoms with E-state index in [0.29, 0.717) is 0 Å². The SMILES string of the molecule is CC1O[C@@H](OCC2O[C@@H](Oc3c(-c4cc(O)c(O)c(O)c4)oc4cc(O)cc(O)c4c3=O)C(O)C(O)[C@@H]2O)C(O)[C@@H](O)[C@H]1O. The zero-order valence-electron chi connectivity index (χ0n) is 22.7. The average molecular weight is 627 g/mol. The summed E-state index contributed by atoms with van der Waals surface area (Å²) in [5.74, 6) is -5.16. The first-order valence-electron chi connectivity index (χ1n) is 13.1. The summed E-state index contributed by atoms with van der Waals surface area (Å²) in [6.45, 7) is 0.770. The van der Waals surface area contributed by atoms with E-state index in [1.165, 1.54) is 6.92 Å². The van der Waals surface area contributed by atoms with E-state index in [1.807, 2.05) is 0 Å². The lowest BCUT2D eigenvalue weighted by Crippen LogP contribution is -2.61. The van der Waals surface area contributed by atoms with Gasteiger partial charge in [-0.2, -0.15) is 0 Å². The minimum Gasteiger partial charge on any atom is -0.508 e. The van der Waals surface area contributed by atoms with Crippen LogP contribution in [-0.2, 0) is 14.2 Å². The van der Waals surface area contributed by atoms with Gasteiger partial charge in [0.05, 0.1) is 12.7 Å². The Morgan fingerprint density at radius 2 is 1.34 bits per heavy atom. The van der Waals surface area contributed by atoms with Gasteiger partial charge < -0.3 is 79.5 Å². The van der Waals surface area contributed by atoms with Crippen LogP contribution in [0.1, 0.15) is 6.92 Å². The van der Waals surface area contributed by atoms with E-state index in [-0.39, 0.29) is 11.1 Å². The Labute approximate surface area is 246 Å². The number of fused-ring (bicyclic) bond motifs is 1. The highest BCUT2D eigenvalue weighted by Crippen LogP contribution is 2.43. The number of aromatic hydroxyl groups is 5. The molecule has 0 saturated carbocycles. The molecule has 5 rings (SSSR count). The molecule has 17 nitrogen and oxygen atoms in total. The van der Waals surface area contributed by atoms with Crippen molar-refractivity contribution in [1.82, 2.24) is 0 Å². The van der Waals surface area contributed by atoms with Gasteiger partial charge in [0, 0.05) is 17.7 Å². The summed E-state index contributed by atoms with van der Waals surface area (Å²) < 4.78 is 27.7. The van der Waals surface area contributed by atoms with Gasteiger partial charge in [-0.3, -0.25) is 4.79 Å². The van der Waals surface area contributed by atoms with Crippen molar-refractivity contribution in [2.75, 3.05) is 6.61 Å². The van der Waals surface area contributed by atoms with Crippen LogP contribution in [0.25, 0.3) is 22.3 Å². The summed E-state index contributed by atoms with van der Waals surface area (Å²) in [7, 11) is 0. The Hall–Kier alpha value is -3.91. The molecule has 0 radical (unpaired) electrons. The van der Waals surface area contributed by atoms with Gasteiger partial charge in [0.15, 0.2) is 29.3 Å². The molecule has 2 saturated heterocycles. The van der Waals surface area contributed by atoms with Gasteiger partial charge in [0.2, 0.25) is 17.5 Å². The van der Waals surface area contributed by atoms with Crippen LogP contribution in [0.4, 0.5) is 0 Å². The fourth-order valence-electron chi connectivity index (χ4n) is 4.91. The van der Waals surface area contributed by atoms with Crippen LogP contribution in [-0.4, -0.2) is 124 Å². The van der Waals surface area contributed by atoms with Crippen molar-refractivity contribution in [3.05, 3.63) is 34.5 Å². The fourth-order valence-corrected chi connectivity index (χ4v) is 4.91. The predicted octanol–water partition coefficient (Wildman–Crippen LogP) is -1.98. The Morgan fingerprint density at radius 1 is 0.727 bits per heavy atom. The summed E-state index contributed by atoms with van der Waals surface area (Å²) in [4.78, 5) is 13.6. The molecule has 44 heavy (non-hydrogen) atoms. The van der Waals surface area contributed by atoms with Crippen molar-refractivity contribution in [2.45, 2.75) is 68.3 Å². The lowest BCUT2D eigenvalue weighted by atomic mass is 9.98. The van der Waals surface area contributed by atoms with Crippen LogP contribution in [0, 0.1) is 0 Å². The van der Waals surface area contributed by atoms with E-state index in [4.69, 9.17) is 23.4 Å². The number of hydrogen-bond acceptors (Lipinski definition) is 17. The number of rotatable bonds is 6. The molecule has 0 bridgehead atoms. The number of phenolic OH excluding ortho intramolecular Hbond substituents is 5. The largest absolute Gasteiger partial charge is 0.508 e. The molecule has 2 aliphatic heterocycles. The average Bonchev–Trinajstić information content (AvgIpc) is 2.97. The van der Waals surface area contributed by atoms with Crippen LogP contribution in [0.2, 0.25) is 0 Å². The maximum absolute atomic E-state index is 13.6. The van der Waals surface area contributed by atoms with E-state index < -0.39 is 119 Å². The van der Waals surface area contributed by atoms with Gasteiger partial charge in [-0.15, -0.1) is 0 Å². The fraction of sp³-hybridized carbons (Fsp3) is 0.444. The summed E-state index contributed by atoms with van der Waals surface area (Å²) in [5.41, 5.74) is -1.74. The monoisotopic (exact) mass is 626 g/mol. The number of ether oxygens (including phenoxy) is 4. The summed E-state index contributed by atoms with van der Waals surface area (Å²) in [6.07, 6.45) is -16.5.